The van der Waals surface area contributed by atoms with Crippen LogP contribution in [0, 0.1) is 0 Å². The lowest BCUT2D eigenvalue weighted by atomic mass is 9.97. The Bertz CT molecular complexity index is 662. The first-order chi connectivity index (χ1) is 12.0. The number of carbonyl (C=O) groups is 2. The maximum atomic E-state index is 12.1. The number of allylic oxidation sites excluding steroid dienone is 1. The van der Waals surface area contributed by atoms with Gasteiger partial charge in [-0.1, -0.05) is 34.9 Å². The summed E-state index contributed by atoms with van der Waals surface area (Å²) in [6.07, 6.45) is 7.48. The number of hydrogen-bond acceptors (Lipinski definition) is 3. The fraction of sp³-hybridized carbons (Fsp3) is 0.444. The number of rotatable bonds is 8. The molecule has 1 amide bonds. The van der Waals surface area contributed by atoms with Gasteiger partial charge in [0.05, 0.1) is 29.6 Å². The minimum Gasteiger partial charge on any atom is -0.544 e. The highest BCUT2D eigenvalue weighted by molar-refractivity contribution is 6.35. The van der Waals surface area contributed by atoms with Crippen LogP contribution in [-0.4, -0.2) is 24.5 Å². The summed E-state index contributed by atoms with van der Waals surface area (Å²) in [5, 5.41) is 16.3. The lowest BCUT2D eigenvalue weighted by molar-refractivity contribution is -0.682. The molecule has 0 saturated heterocycles. The van der Waals surface area contributed by atoms with E-state index in [1.807, 2.05) is 0 Å². The van der Waals surface area contributed by atoms with Gasteiger partial charge in [-0.05, 0) is 43.9 Å². The van der Waals surface area contributed by atoms with Gasteiger partial charge in [0.15, 0.2) is 0 Å². The second-order valence-corrected chi connectivity index (χ2v) is 7.03. The summed E-state index contributed by atoms with van der Waals surface area (Å²) in [4.78, 5) is 23.4. The summed E-state index contributed by atoms with van der Waals surface area (Å²) < 4.78 is 0. The van der Waals surface area contributed by atoms with Gasteiger partial charge in [0.25, 0.3) is 0 Å². The molecule has 2 rings (SSSR count). The molecule has 7 heteroatoms. The van der Waals surface area contributed by atoms with E-state index in [4.69, 9.17) is 23.2 Å². The summed E-state index contributed by atoms with van der Waals surface area (Å²) in [5.41, 5.74) is 1.73. The van der Waals surface area contributed by atoms with Gasteiger partial charge in [0.2, 0.25) is 5.91 Å². The Morgan fingerprint density at radius 2 is 2.08 bits per heavy atom. The van der Waals surface area contributed by atoms with Crippen molar-refractivity contribution in [1.29, 1.82) is 0 Å². The first-order valence-corrected chi connectivity index (χ1v) is 9.18. The zero-order valence-corrected chi connectivity index (χ0v) is 15.4. The smallest absolute Gasteiger partial charge is 0.230 e. The van der Waals surface area contributed by atoms with Gasteiger partial charge < -0.3 is 20.5 Å². The molecule has 1 aliphatic rings. The van der Waals surface area contributed by atoms with E-state index < -0.39 is 17.9 Å². The molecule has 3 N–H and O–H groups in total. The van der Waals surface area contributed by atoms with E-state index in [-0.39, 0.29) is 6.42 Å². The van der Waals surface area contributed by atoms with Crippen LogP contribution in [0.15, 0.2) is 29.8 Å². The quantitative estimate of drug-likeness (QED) is 0.671. The Labute approximate surface area is 157 Å². The molecule has 0 fully saturated rings. The Hall–Kier alpha value is -1.56. The minimum absolute atomic E-state index is 0.190. The maximum Gasteiger partial charge on any atom is 0.230 e. The normalized spacial score (nSPS) is 15.4. The number of nitrogens with one attached hydrogen (secondary N) is 1. The average molecular weight is 385 g/mol. The topological polar surface area (TPSA) is 85.8 Å². The third-order valence-corrected chi connectivity index (χ3v) is 4.78. The Morgan fingerprint density at radius 3 is 2.76 bits per heavy atom. The van der Waals surface area contributed by atoms with Crippen LogP contribution in [0.4, 0.5) is 5.69 Å². The molecule has 5 nitrogen and oxygen atoms in total. The number of benzene rings is 1. The third kappa shape index (κ3) is 6.69. The standard InChI is InChI=1S/C18H22Cl2N2O3/c19-13-6-7-14(20)15(10-13)22-17(23)11-16(18(24)25)21-9-8-12-4-2-1-3-5-12/h4,6-7,10,16,21H,1-3,5,8-9,11H2,(H,22,23)(H,24,25)/t16-/m1/s1. The molecule has 0 aliphatic heterocycles. The molecule has 1 atom stereocenters. The van der Waals surface area contributed by atoms with Crippen molar-refractivity contribution in [1.82, 2.24) is 0 Å². The number of amides is 1. The molecule has 0 saturated carbocycles. The molecule has 1 aromatic carbocycles. The zero-order valence-electron chi connectivity index (χ0n) is 13.9. The van der Waals surface area contributed by atoms with Crippen LogP contribution < -0.4 is 15.7 Å². The van der Waals surface area contributed by atoms with E-state index in [1.54, 1.807) is 17.4 Å². The number of carboxylic acid groups (broad SMARTS) is 1. The van der Waals surface area contributed by atoms with Crippen molar-refractivity contribution >= 4 is 40.8 Å². The number of hydrogen-bond donors (Lipinski definition) is 2. The van der Waals surface area contributed by atoms with Crippen LogP contribution in [-0.2, 0) is 9.59 Å². The molecule has 136 valence electrons. The van der Waals surface area contributed by atoms with Gasteiger partial charge in [-0.25, -0.2) is 0 Å². The molecule has 0 spiro atoms. The third-order valence-electron chi connectivity index (χ3n) is 4.21. The number of halogens is 2. The monoisotopic (exact) mass is 384 g/mol. The summed E-state index contributed by atoms with van der Waals surface area (Å²) in [6, 6.07) is 3.77. The van der Waals surface area contributed by atoms with Gasteiger partial charge in [0, 0.05) is 11.4 Å². The molecule has 0 bridgehead atoms. The fourth-order valence-corrected chi connectivity index (χ4v) is 3.20. The molecule has 0 heterocycles. The summed E-state index contributed by atoms with van der Waals surface area (Å²) >= 11 is 11.9. The van der Waals surface area contributed by atoms with Crippen molar-refractivity contribution < 1.29 is 20.0 Å². The lowest BCUT2D eigenvalue weighted by Crippen LogP contribution is -2.93. The number of carboxylic acids is 1. The molecule has 25 heavy (non-hydrogen) atoms. The predicted octanol–water partition coefficient (Wildman–Crippen LogP) is 1.89. The van der Waals surface area contributed by atoms with Crippen LogP contribution in [0.2, 0.25) is 10.0 Å². The van der Waals surface area contributed by atoms with Gasteiger partial charge in [-0.2, -0.15) is 0 Å². The van der Waals surface area contributed by atoms with Gasteiger partial charge in [-0.3, -0.25) is 4.79 Å². The summed E-state index contributed by atoms with van der Waals surface area (Å²) in [5.74, 6) is -1.68. The largest absolute Gasteiger partial charge is 0.544 e. The number of anilines is 1. The van der Waals surface area contributed by atoms with E-state index in [1.165, 1.54) is 24.5 Å². The first-order valence-electron chi connectivity index (χ1n) is 8.42. The van der Waals surface area contributed by atoms with Crippen molar-refractivity contribution in [3.8, 4) is 0 Å². The zero-order chi connectivity index (χ0) is 18.2. The van der Waals surface area contributed by atoms with Crippen LogP contribution >= 0.6 is 23.2 Å². The lowest BCUT2D eigenvalue weighted by Gasteiger charge is -2.18. The minimum atomic E-state index is -1.25. The predicted molar refractivity (Wildman–Crippen MR) is 96.5 cm³/mol. The van der Waals surface area contributed by atoms with Crippen LogP contribution in [0.3, 0.4) is 0 Å². The van der Waals surface area contributed by atoms with E-state index in [9.17, 15) is 14.7 Å². The molecule has 0 radical (unpaired) electrons. The molecular weight excluding hydrogens is 363 g/mol. The Morgan fingerprint density at radius 1 is 1.28 bits per heavy atom. The second-order valence-electron chi connectivity index (χ2n) is 6.18. The number of aliphatic carboxylic acids is 1. The highest BCUT2D eigenvalue weighted by Gasteiger charge is 2.19. The number of nitrogens with two attached hydrogens (primary N) is 1. The highest BCUT2D eigenvalue weighted by atomic mass is 35.5. The van der Waals surface area contributed by atoms with Gasteiger partial charge in [0.1, 0.15) is 6.04 Å². The average Bonchev–Trinajstić information content (AvgIpc) is 2.58. The number of quaternary nitrogens is 1. The van der Waals surface area contributed by atoms with Crippen molar-refractivity contribution in [2.75, 3.05) is 11.9 Å². The Kier molecular flexibility index (Phi) is 7.75. The summed E-state index contributed by atoms with van der Waals surface area (Å²) in [6.45, 7) is 0.621. The van der Waals surface area contributed by atoms with E-state index >= 15 is 0 Å². The van der Waals surface area contributed by atoms with Crippen molar-refractivity contribution in [2.24, 2.45) is 0 Å². The fourth-order valence-electron chi connectivity index (χ4n) is 2.86. The molecule has 1 aromatic rings. The van der Waals surface area contributed by atoms with Gasteiger partial charge in [-0.15, -0.1) is 0 Å². The van der Waals surface area contributed by atoms with Crippen LogP contribution in [0.1, 0.15) is 38.5 Å². The van der Waals surface area contributed by atoms with E-state index in [0.717, 1.165) is 19.3 Å². The van der Waals surface area contributed by atoms with Crippen molar-refractivity contribution in [3.05, 3.63) is 39.9 Å². The summed E-state index contributed by atoms with van der Waals surface area (Å²) in [7, 11) is 0. The maximum absolute atomic E-state index is 12.1. The Balaban J connectivity index is 1.85. The van der Waals surface area contributed by atoms with E-state index in [0.29, 0.717) is 22.3 Å². The number of carbonyl (C=O) groups excluding carboxylic acids is 2. The van der Waals surface area contributed by atoms with Gasteiger partial charge >= 0.3 is 0 Å². The van der Waals surface area contributed by atoms with Crippen LogP contribution in [0.25, 0.3) is 0 Å². The molecule has 1 aliphatic carbocycles. The van der Waals surface area contributed by atoms with E-state index in [2.05, 4.69) is 11.4 Å². The molecular formula is C18H22Cl2N2O3. The molecule has 0 unspecified atom stereocenters. The highest BCUT2D eigenvalue weighted by Crippen LogP contribution is 2.25. The van der Waals surface area contributed by atoms with Crippen molar-refractivity contribution in [3.63, 3.8) is 0 Å². The SMILES string of the molecule is O=C(C[C@@H]([NH2+]CCC1=CCCCC1)C(=O)[O-])Nc1cc(Cl)ccc1Cl. The van der Waals surface area contributed by atoms with Crippen molar-refractivity contribution in [2.45, 2.75) is 44.6 Å². The molecule has 0 aromatic heterocycles. The second kappa shape index (κ2) is 9.80. The van der Waals surface area contributed by atoms with Crippen LogP contribution in [0.5, 0.6) is 0 Å². The first kappa shape index (κ1) is 19.8.